The molecule has 0 spiro atoms. The summed E-state index contributed by atoms with van der Waals surface area (Å²) in [6, 6.07) is 5.09. The predicted molar refractivity (Wildman–Crippen MR) is 88.8 cm³/mol. The Hall–Kier alpha value is -2.12. The molecule has 1 fully saturated rings. The van der Waals surface area contributed by atoms with E-state index < -0.39 is 12.9 Å². The number of pyridine rings is 1. The van der Waals surface area contributed by atoms with E-state index >= 15 is 0 Å². The number of methoxy groups -OCH3 is 1. The molecule has 1 atom stereocenters. The maximum absolute atomic E-state index is 14.3. The van der Waals surface area contributed by atoms with E-state index in [1.807, 2.05) is 13.0 Å². The molecule has 1 unspecified atom stereocenters. The van der Waals surface area contributed by atoms with E-state index in [0.29, 0.717) is 30.8 Å². The minimum atomic E-state index is -0.735. The van der Waals surface area contributed by atoms with Gasteiger partial charge in [0.25, 0.3) is 0 Å². The third-order valence-corrected chi connectivity index (χ3v) is 4.05. The molecule has 1 saturated heterocycles. The summed E-state index contributed by atoms with van der Waals surface area (Å²) in [4.78, 5) is 4.25. The summed E-state index contributed by atoms with van der Waals surface area (Å²) in [6.45, 7) is 2.69. The fraction of sp³-hybridized carbons (Fsp3) is 0.353. The molecule has 0 aliphatic carbocycles. The second-order valence-electron chi connectivity index (χ2n) is 5.65. The molecule has 1 aliphatic rings. The summed E-state index contributed by atoms with van der Waals surface area (Å²) in [6.07, 6.45) is 3.96. The monoisotopic (exact) mass is 331 g/mol. The molecule has 7 heteroatoms. The molecule has 0 radical (unpaired) electrons. The molecule has 0 amide bonds. The van der Waals surface area contributed by atoms with Crippen LogP contribution in [0.4, 0.5) is 4.39 Å². The highest BCUT2D eigenvalue weighted by Crippen LogP contribution is 2.36. The predicted octanol–water partition coefficient (Wildman–Crippen LogP) is 2.89. The van der Waals surface area contributed by atoms with Crippen molar-refractivity contribution in [3.8, 4) is 22.6 Å². The number of rotatable bonds is 5. The number of benzene rings is 1. The van der Waals surface area contributed by atoms with Crippen LogP contribution >= 0.6 is 0 Å². The van der Waals surface area contributed by atoms with Crippen LogP contribution in [0.2, 0.25) is 6.32 Å². The second-order valence-corrected chi connectivity index (χ2v) is 5.65. The number of hydrogen-bond donors (Lipinski definition) is 1. The molecular weight excluding hydrogens is 312 g/mol. The van der Waals surface area contributed by atoms with Crippen LogP contribution in [0.5, 0.6) is 11.5 Å². The third kappa shape index (κ3) is 3.37. The van der Waals surface area contributed by atoms with Crippen molar-refractivity contribution in [1.29, 1.82) is 0 Å². The van der Waals surface area contributed by atoms with Crippen LogP contribution in [0.25, 0.3) is 11.1 Å². The first-order valence-electron chi connectivity index (χ1n) is 7.87. The Labute approximate surface area is 140 Å². The molecule has 3 rings (SSSR count). The van der Waals surface area contributed by atoms with Crippen LogP contribution in [0.15, 0.2) is 30.6 Å². The first kappa shape index (κ1) is 16.7. The lowest BCUT2D eigenvalue weighted by atomic mass is 9.80. The van der Waals surface area contributed by atoms with Gasteiger partial charge in [-0.25, -0.2) is 4.39 Å². The van der Waals surface area contributed by atoms with Crippen LogP contribution in [0.3, 0.4) is 0 Å². The van der Waals surface area contributed by atoms with Crippen LogP contribution in [-0.4, -0.2) is 37.4 Å². The average molecular weight is 331 g/mol. The standard InChI is InChI=1S/C17H19BFNO4/c1-3-23-16-6-11(5-15(19)17(16)22-2)12-4-13(9-20-8-12)14-7-18(21)24-10-14/h4-6,8-9,14,21H,3,7,10H2,1-2H3. The highest BCUT2D eigenvalue weighted by atomic mass is 19.1. The Morgan fingerprint density at radius 3 is 2.83 bits per heavy atom. The van der Waals surface area contributed by atoms with Crippen LogP contribution in [0, 0.1) is 5.82 Å². The van der Waals surface area contributed by atoms with Gasteiger partial charge in [0.15, 0.2) is 17.3 Å². The van der Waals surface area contributed by atoms with E-state index in [2.05, 4.69) is 4.98 Å². The Balaban J connectivity index is 1.97. The zero-order valence-electron chi connectivity index (χ0n) is 13.7. The van der Waals surface area contributed by atoms with E-state index in [1.54, 1.807) is 18.5 Å². The number of nitrogens with zero attached hydrogens (tertiary/aromatic N) is 1. The Bertz CT molecular complexity index is 728. The smallest absolute Gasteiger partial charge is 0.454 e. The number of ether oxygens (including phenoxy) is 2. The molecule has 0 bridgehead atoms. The highest BCUT2D eigenvalue weighted by Gasteiger charge is 2.30. The van der Waals surface area contributed by atoms with Crippen molar-refractivity contribution in [1.82, 2.24) is 4.98 Å². The van der Waals surface area contributed by atoms with Gasteiger partial charge in [-0.3, -0.25) is 4.98 Å². The van der Waals surface area contributed by atoms with E-state index in [1.165, 1.54) is 13.2 Å². The Morgan fingerprint density at radius 1 is 1.33 bits per heavy atom. The second kappa shape index (κ2) is 7.19. The molecule has 2 heterocycles. The summed E-state index contributed by atoms with van der Waals surface area (Å²) in [5.41, 5.74) is 2.39. The molecule has 0 saturated carbocycles. The Kier molecular flexibility index (Phi) is 5.01. The fourth-order valence-corrected chi connectivity index (χ4v) is 2.87. The van der Waals surface area contributed by atoms with E-state index in [0.717, 1.165) is 11.1 Å². The van der Waals surface area contributed by atoms with Gasteiger partial charge in [0.05, 0.1) is 13.7 Å². The van der Waals surface area contributed by atoms with Crippen molar-refractivity contribution < 1.29 is 23.5 Å². The highest BCUT2D eigenvalue weighted by molar-refractivity contribution is 6.43. The zero-order chi connectivity index (χ0) is 17.1. The molecule has 1 aromatic heterocycles. The van der Waals surface area contributed by atoms with Gasteiger partial charge in [-0.2, -0.15) is 0 Å². The van der Waals surface area contributed by atoms with Gasteiger partial charge in [0.2, 0.25) is 0 Å². The fourth-order valence-electron chi connectivity index (χ4n) is 2.87. The quantitative estimate of drug-likeness (QED) is 0.854. The minimum absolute atomic E-state index is 0.0851. The topological polar surface area (TPSA) is 60.8 Å². The molecular formula is C17H19BFNO4. The summed E-state index contributed by atoms with van der Waals surface area (Å²) in [5.74, 6) is 0.0578. The summed E-state index contributed by atoms with van der Waals surface area (Å²) < 4.78 is 30.0. The van der Waals surface area contributed by atoms with Crippen LogP contribution in [0.1, 0.15) is 18.4 Å². The van der Waals surface area contributed by atoms with Crippen molar-refractivity contribution in [3.05, 3.63) is 42.0 Å². The summed E-state index contributed by atoms with van der Waals surface area (Å²) >= 11 is 0. The zero-order valence-corrected chi connectivity index (χ0v) is 13.7. The first-order valence-corrected chi connectivity index (χ1v) is 7.87. The van der Waals surface area contributed by atoms with E-state index in [9.17, 15) is 9.41 Å². The van der Waals surface area contributed by atoms with Gasteiger partial charge in [-0.1, -0.05) is 0 Å². The first-order chi connectivity index (χ1) is 11.6. The van der Waals surface area contributed by atoms with E-state index in [4.69, 9.17) is 14.1 Å². The molecule has 126 valence electrons. The Morgan fingerprint density at radius 2 is 2.17 bits per heavy atom. The third-order valence-electron chi connectivity index (χ3n) is 4.05. The lowest BCUT2D eigenvalue weighted by molar-refractivity contribution is 0.292. The van der Waals surface area contributed by atoms with Crippen molar-refractivity contribution >= 4 is 7.12 Å². The van der Waals surface area contributed by atoms with Crippen LogP contribution < -0.4 is 9.47 Å². The minimum Gasteiger partial charge on any atom is -0.490 e. The molecule has 24 heavy (non-hydrogen) atoms. The SMILES string of the molecule is CCOc1cc(-c2cncc(C3COB(O)C3)c2)cc(F)c1OC. The summed E-state index contributed by atoms with van der Waals surface area (Å²) in [7, 11) is 0.676. The number of hydrogen-bond acceptors (Lipinski definition) is 5. The number of halogens is 1. The maximum Gasteiger partial charge on any atom is 0.454 e. The molecule has 1 aromatic carbocycles. The van der Waals surface area contributed by atoms with Gasteiger partial charge in [0, 0.05) is 30.5 Å². The van der Waals surface area contributed by atoms with E-state index in [-0.39, 0.29) is 11.7 Å². The molecule has 1 N–H and O–H groups in total. The van der Waals surface area contributed by atoms with Crippen molar-refractivity contribution in [2.45, 2.75) is 19.2 Å². The normalized spacial score (nSPS) is 17.2. The van der Waals surface area contributed by atoms with Gasteiger partial charge in [-0.05, 0) is 42.6 Å². The van der Waals surface area contributed by atoms with Gasteiger partial charge < -0.3 is 19.2 Å². The lowest BCUT2D eigenvalue weighted by Crippen LogP contribution is -2.07. The summed E-state index contributed by atoms with van der Waals surface area (Å²) in [5, 5.41) is 9.51. The van der Waals surface area contributed by atoms with Crippen LogP contribution in [-0.2, 0) is 4.65 Å². The molecule has 5 nitrogen and oxygen atoms in total. The molecule has 2 aromatic rings. The van der Waals surface area contributed by atoms with Crippen molar-refractivity contribution in [3.63, 3.8) is 0 Å². The average Bonchev–Trinajstić information content (AvgIpc) is 3.01. The van der Waals surface area contributed by atoms with Gasteiger partial charge in [-0.15, -0.1) is 0 Å². The number of aromatic nitrogens is 1. The van der Waals surface area contributed by atoms with Crippen molar-refractivity contribution in [2.75, 3.05) is 20.3 Å². The van der Waals surface area contributed by atoms with Crippen molar-refractivity contribution in [2.24, 2.45) is 0 Å². The lowest BCUT2D eigenvalue weighted by Gasteiger charge is -2.14. The molecule has 1 aliphatic heterocycles. The maximum atomic E-state index is 14.3. The largest absolute Gasteiger partial charge is 0.490 e. The van der Waals surface area contributed by atoms with Gasteiger partial charge in [0.1, 0.15) is 0 Å². The van der Waals surface area contributed by atoms with Gasteiger partial charge >= 0.3 is 7.12 Å².